The zero-order valence-electron chi connectivity index (χ0n) is 13.1. The van der Waals surface area contributed by atoms with E-state index in [1.807, 2.05) is 16.3 Å². The molecule has 0 radical (unpaired) electrons. The van der Waals surface area contributed by atoms with Gasteiger partial charge in [0.15, 0.2) is 0 Å². The van der Waals surface area contributed by atoms with Crippen molar-refractivity contribution in [2.45, 2.75) is 31.0 Å². The first-order chi connectivity index (χ1) is 11.7. The Morgan fingerprint density at radius 3 is 2.88 bits per heavy atom. The van der Waals surface area contributed by atoms with Crippen molar-refractivity contribution in [3.8, 4) is 0 Å². The molecule has 2 amide bonds. The van der Waals surface area contributed by atoms with Crippen LogP contribution in [0.3, 0.4) is 0 Å². The minimum absolute atomic E-state index is 0.102. The molecule has 0 bridgehead atoms. The maximum atomic E-state index is 12.1. The van der Waals surface area contributed by atoms with Crippen molar-refractivity contribution in [2.24, 2.45) is 0 Å². The Morgan fingerprint density at radius 1 is 1.29 bits per heavy atom. The van der Waals surface area contributed by atoms with Gasteiger partial charge in [-0.1, -0.05) is 17.8 Å². The number of piperidine rings is 1. The number of thioether (sulfide) groups is 1. The molecular weight excluding hydrogens is 348 g/mol. The molecule has 24 heavy (non-hydrogen) atoms. The topological polar surface area (TPSA) is 88.3 Å². The van der Waals surface area contributed by atoms with Crippen LogP contribution >= 0.6 is 23.1 Å². The summed E-state index contributed by atoms with van der Waals surface area (Å²) in [7, 11) is 0. The van der Waals surface area contributed by atoms with Gasteiger partial charge in [-0.2, -0.15) is 0 Å². The normalized spacial score (nSPS) is 14.6. The second-order valence-electron chi connectivity index (χ2n) is 5.35. The van der Waals surface area contributed by atoms with Crippen LogP contribution in [-0.2, 0) is 11.3 Å². The lowest BCUT2D eigenvalue weighted by Gasteiger charge is -2.26. The third-order valence-electron chi connectivity index (χ3n) is 3.62. The molecule has 0 saturated carbocycles. The van der Waals surface area contributed by atoms with Gasteiger partial charge in [0.25, 0.3) is 11.1 Å². The third kappa shape index (κ3) is 4.57. The summed E-state index contributed by atoms with van der Waals surface area (Å²) >= 11 is 2.60. The molecule has 0 atom stereocenters. The summed E-state index contributed by atoms with van der Waals surface area (Å²) in [4.78, 5) is 26.4. The standard InChI is InChI=1S/C15H18N4O3S2/c20-13(19-6-2-1-3-7-19)10-24-15-18-17-12(22-15)9-16-14(21)11-5-4-8-23-11/h4-5,8H,1-3,6-7,9-10H2,(H,16,21). The molecule has 9 heteroatoms. The number of carbonyl (C=O) groups is 2. The molecule has 128 valence electrons. The fourth-order valence-electron chi connectivity index (χ4n) is 2.38. The van der Waals surface area contributed by atoms with Gasteiger partial charge in [0.2, 0.25) is 11.8 Å². The molecule has 1 saturated heterocycles. The SMILES string of the molecule is O=C(NCc1nnc(SCC(=O)N2CCCCC2)o1)c1cccs1. The van der Waals surface area contributed by atoms with Crippen LogP contribution in [0.15, 0.2) is 27.2 Å². The van der Waals surface area contributed by atoms with Gasteiger partial charge in [0, 0.05) is 13.1 Å². The fraction of sp³-hybridized carbons (Fsp3) is 0.467. The van der Waals surface area contributed by atoms with Crippen LogP contribution in [0.2, 0.25) is 0 Å². The monoisotopic (exact) mass is 366 g/mol. The van der Waals surface area contributed by atoms with Crippen LogP contribution in [0.25, 0.3) is 0 Å². The van der Waals surface area contributed by atoms with E-state index in [1.165, 1.54) is 29.5 Å². The van der Waals surface area contributed by atoms with Crippen LogP contribution in [-0.4, -0.2) is 45.8 Å². The van der Waals surface area contributed by atoms with Crippen LogP contribution < -0.4 is 5.32 Å². The number of hydrogen-bond acceptors (Lipinski definition) is 7. The number of carbonyl (C=O) groups excluding carboxylic acids is 2. The minimum Gasteiger partial charge on any atom is -0.414 e. The molecule has 0 unspecified atom stereocenters. The Balaban J connectivity index is 1.43. The van der Waals surface area contributed by atoms with Gasteiger partial charge in [-0.3, -0.25) is 9.59 Å². The molecule has 1 aliphatic rings. The highest BCUT2D eigenvalue weighted by Crippen LogP contribution is 2.18. The summed E-state index contributed by atoms with van der Waals surface area (Å²) in [5.41, 5.74) is 0. The maximum Gasteiger partial charge on any atom is 0.277 e. The van der Waals surface area contributed by atoms with Crippen molar-refractivity contribution in [1.29, 1.82) is 0 Å². The first-order valence-corrected chi connectivity index (χ1v) is 9.63. The number of nitrogens with zero attached hydrogens (tertiary/aromatic N) is 3. The van der Waals surface area contributed by atoms with Crippen LogP contribution in [0.1, 0.15) is 34.8 Å². The van der Waals surface area contributed by atoms with Crippen molar-refractivity contribution in [3.63, 3.8) is 0 Å². The number of amides is 2. The lowest BCUT2D eigenvalue weighted by atomic mass is 10.1. The fourth-order valence-corrected chi connectivity index (χ4v) is 3.70. The Hall–Kier alpha value is -1.87. The predicted octanol–water partition coefficient (Wildman–Crippen LogP) is 2.17. The number of rotatable bonds is 6. The van der Waals surface area contributed by atoms with E-state index in [1.54, 1.807) is 6.07 Å². The highest BCUT2D eigenvalue weighted by molar-refractivity contribution is 7.99. The van der Waals surface area contributed by atoms with E-state index in [4.69, 9.17) is 4.42 Å². The smallest absolute Gasteiger partial charge is 0.277 e. The van der Waals surface area contributed by atoms with E-state index >= 15 is 0 Å². The summed E-state index contributed by atoms with van der Waals surface area (Å²) in [5, 5.41) is 12.7. The van der Waals surface area contributed by atoms with Gasteiger partial charge in [-0.05, 0) is 30.7 Å². The Bertz CT molecular complexity index is 681. The summed E-state index contributed by atoms with van der Waals surface area (Å²) < 4.78 is 5.45. The molecule has 1 aliphatic heterocycles. The molecule has 2 aromatic heterocycles. The van der Waals surface area contributed by atoms with Crippen molar-refractivity contribution in [2.75, 3.05) is 18.8 Å². The average molecular weight is 366 g/mol. The molecule has 3 heterocycles. The molecule has 0 aliphatic carbocycles. The van der Waals surface area contributed by atoms with E-state index in [0.717, 1.165) is 25.9 Å². The summed E-state index contributed by atoms with van der Waals surface area (Å²) in [6.07, 6.45) is 3.34. The number of hydrogen-bond donors (Lipinski definition) is 1. The number of likely N-dealkylation sites (tertiary alicyclic amines) is 1. The van der Waals surface area contributed by atoms with Crippen molar-refractivity contribution >= 4 is 34.9 Å². The van der Waals surface area contributed by atoms with E-state index in [2.05, 4.69) is 15.5 Å². The molecule has 7 nitrogen and oxygen atoms in total. The van der Waals surface area contributed by atoms with Crippen molar-refractivity contribution in [1.82, 2.24) is 20.4 Å². The minimum atomic E-state index is -0.169. The summed E-state index contributed by atoms with van der Waals surface area (Å²) in [5.74, 6) is 0.555. The first-order valence-electron chi connectivity index (χ1n) is 7.77. The lowest BCUT2D eigenvalue weighted by molar-refractivity contribution is -0.129. The highest BCUT2D eigenvalue weighted by Gasteiger charge is 2.18. The molecule has 0 aromatic carbocycles. The molecule has 3 rings (SSSR count). The summed E-state index contributed by atoms with van der Waals surface area (Å²) in [6, 6.07) is 3.57. The number of aromatic nitrogens is 2. The quantitative estimate of drug-likeness (QED) is 0.788. The summed E-state index contributed by atoms with van der Waals surface area (Å²) in [6.45, 7) is 1.84. The molecule has 1 fully saturated rings. The van der Waals surface area contributed by atoms with Gasteiger partial charge in [-0.15, -0.1) is 21.5 Å². The van der Waals surface area contributed by atoms with Gasteiger partial charge in [0.1, 0.15) is 0 Å². The third-order valence-corrected chi connectivity index (χ3v) is 5.29. The molecular formula is C15H18N4O3S2. The average Bonchev–Trinajstić information content (AvgIpc) is 3.30. The van der Waals surface area contributed by atoms with Gasteiger partial charge < -0.3 is 14.6 Å². The Morgan fingerprint density at radius 2 is 2.12 bits per heavy atom. The van der Waals surface area contributed by atoms with E-state index in [9.17, 15) is 9.59 Å². The van der Waals surface area contributed by atoms with E-state index in [0.29, 0.717) is 21.7 Å². The van der Waals surface area contributed by atoms with Gasteiger partial charge in [-0.25, -0.2) is 0 Å². The highest BCUT2D eigenvalue weighted by atomic mass is 32.2. The second kappa shape index (κ2) is 8.29. The zero-order valence-corrected chi connectivity index (χ0v) is 14.7. The van der Waals surface area contributed by atoms with Crippen LogP contribution in [0.4, 0.5) is 0 Å². The first kappa shape index (κ1) is 17.0. The maximum absolute atomic E-state index is 12.1. The second-order valence-corrected chi connectivity index (χ2v) is 7.23. The Kier molecular flexibility index (Phi) is 5.86. The van der Waals surface area contributed by atoms with Gasteiger partial charge in [0.05, 0.1) is 17.2 Å². The molecule has 0 spiro atoms. The van der Waals surface area contributed by atoms with Crippen LogP contribution in [0.5, 0.6) is 0 Å². The predicted molar refractivity (Wildman–Crippen MR) is 90.9 cm³/mol. The van der Waals surface area contributed by atoms with Gasteiger partial charge >= 0.3 is 0 Å². The Labute approximate surface area is 147 Å². The van der Waals surface area contributed by atoms with Crippen molar-refractivity contribution in [3.05, 3.63) is 28.3 Å². The number of nitrogens with one attached hydrogen (secondary N) is 1. The lowest BCUT2D eigenvalue weighted by Crippen LogP contribution is -2.36. The molecule has 1 N–H and O–H groups in total. The van der Waals surface area contributed by atoms with E-state index in [-0.39, 0.29) is 18.4 Å². The molecule has 2 aromatic rings. The largest absolute Gasteiger partial charge is 0.414 e. The van der Waals surface area contributed by atoms with E-state index < -0.39 is 0 Å². The van der Waals surface area contributed by atoms with Crippen molar-refractivity contribution < 1.29 is 14.0 Å². The number of thiophene rings is 1. The van der Waals surface area contributed by atoms with Crippen LogP contribution in [0, 0.1) is 0 Å². The zero-order chi connectivity index (χ0) is 16.8.